The van der Waals surface area contributed by atoms with E-state index in [2.05, 4.69) is 28.9 Å². The van der Waals surface area contributed by atoms with Gasteiger partial charge in [-0.1, -0.05) is 34.5 Å². The van der Waals surface area contributed by atoms with E-state index < -0.39 is 0 Å². The second kappa shape index (κ2) is 2.67. The zero-order valence-electron chi connectivity index (χ0n) is 5.15. The Morgan fingerprint density at radius 1 is 1.88 bits per heavy atom. The van der Waals surface area contributed by atoms with Crippen molar-refractivity contribution in [2.45, 2.75) is 19.8 Å². The predicted octanol–water partition coefficient (Wildman–Crippen LogP) is 2.74. The van der Waals surface area contributed by atoms with Crippen LogP contribution in [-0.4, -0.2) is 5.33 Å². The summed E-state index contributed by atoms with van der Waals surface area (Å²) in [5, 5.41) is 1.08. The first-order valence-electron chi connectivity index (χ1n) is 3.09. The van der Waals surface area contributed by atoms with E-state index in [0.29, 0.717) is 0 Å². The molecule has 8 heavy (non-hydrogen) atoms. The first-order valence-corrected chi connectivity index (χ1v) is 4.21. The van der Waals surface area contributed by atoms with E-state index >= 15 is 0 Å². The minimum atomic E-state index is 0.842. The maximum Gasteiger partial charge on any atom is 0.0244 e. The highest BCUT2D eigenvalue weighted by Crippen LogP contribution is 2.25. The molecule has 0 radical (unpaired) electrons. The lowest BCUT2D eigenvalue weighted by molar-refractivity contribution is 0.673. The molecule has 0 aromatic heterocycles. The molecular formula is C7H11Br. The molecule has 0 nitrogen and oxygen atoms in total. The average Bonchev–Trinajstić information content (AvgIpc) is 2.14. The molecule has 1 rings (SSSR count). The molecule has 46 valence electrons. The zero-order valence-corrected chi connectivity index (χ0v) is 6.74. The molecule has 0 fully saturated rings. The summed E-state index contributed by atoms with van der Waals surface area (Å²) in [5.41, 5.74) is 1.59. The van der Waals surface area contributed by atoms with E-state index in [9.17, 15) is 0 Å². The smallest absolute Gasteiger partial charge is 0.0244 e. The molecule has 0 amide bonds. The van der Waals surface area contributed by atoms with Crippen molar-refractivity contribution in [3.05, 3.63) is 11.6 Å². The van der Waals surface area contributed by atoms with Crippen molar-refractivity contribution >= 4 is 15.9 Å². The molecule has 0 aromatic carbocycles. The standard InChI is InChI=1S/C7H11Br/c1-6-3-2-4-7(6)5-8/h4,6H,2-3,5H2,1H3. The van der Waals surface area contributed by atoms with E-state index in [0.717, 1.165) is 11.2 Å². The van der Waals surface area contributed by atoms with Crippen LogP contribution < -0.4 is 0 Å². The van der Waals surface area contributed by atoms with Crippen LogP contribution in [0.25, 0.3) is 0 Å². The fraction of sp³-hybridized carbons (Fsp3) is 0.714. The largest absolute Gasteiger partial charge is 0.0880 e. The zero-order chi connectivity index (χ0) is 5.98. The van der Waals surface area contributed by atoms with Crippen molar-refractivity contribution in [1.29, 1.82) is 0 Å². The number of alkyl halides is 1. The van der Waals surface area contributed by atoms with Gasteiger partial charge in [0.1, 0.15) is 0 Å². The van der Waals surface area contributed by atoms with Gasteiger partial charge >= 0.3 is 0 Å². The van der Waals surface area contributed by atoms with E-state index in [1.165, 1.54) is 12.8 Å². The van der Waals surface area contributed by atoms with Crippen LogP contribution in [0.2, 0.25) is 0 Å². The van der Waals surface area contributed by atoms with Crippen LogP contribution in [0.4, 0.5) is 0 Å². The van der Waals surface area contributed by atoms with Crippen molar-refractivity contribution in [2.75, 3.05) is 5.33 Å². The van der Waals surface area contributed by atoms with E-state index in [1.807, 2.05) is 0 Å². The van der Waals surface area contributed by atoms with Crippen molar-refractivity contribution < 1.29 is 0 Å². The summed E-state index contributed by atoms with van der Waals surface area (Å²) in [6, 6.07) is 0. The molecule has 1 atom stereocenters. The molecule has 0 saturated carbocycles. The van der Waals surface area contributed by atoms with Gasteiger partial charge < -0.3 is 0 Å². The highest BCUT2D eigenvalue weighted by molar-refractivity contribution is 9.09. The maximum atomic E-state index is 3.45. The van der Waals surface area contributed by atoms with E-state index in [-0.39, 0.29) is 0 Å². The van der Waals surface area contributed by atoms with Gasteiger partial charge in [-0.05, 0) is 18.8 Å². The molecule has 0 heterocycles. The molecule has 1 unspecified atom stereocenters. The summed E-state index contributed by atoms with van der Waals surface area (Å²) >= 11 is 3.45. The lowest BCUT2D eigenvalue weighted by Crippen LogP contribution is -1.92. The molecule has 0 aromatic rings. The van der Waals surface area contributed by atoms with Gasteiger partial charge in [-0.2, -0.15) is 0 Å². The summed E-state index contributed by atoms with van der Waals surface area (Å²) in [4.78, 5) is 0. The number of rotatable bonds is 1. The van der Waals surface area contributed by atoms with Crippen LogP contribution in [0.3, 0.4) is 0 Å². The Kier molecular flexibility index (Phi) is 2.12. The van der Waals surface area contributed by atoms with Crippen molar-refractivity contribution in [3.63, 3.8) is 0 Å². The highest BCUT2D eigenvalue weighted by atomic mass is 79.9. The molecule has 0 bridgehead atoms. The summed E-state index contributed by atoms with van der Waals surface area (Å²) < 4.78 is 0. The highest BCUT2D eigenvalue weighted by Gasteiger charge is 2.11. The third kappa shape index (κ3) is 1.13. The number of hydrogen-bond donors (Lipinski definition) is 0. The SMILES string of the molecule is CC1CCC=C1CBr. The van der Waals surface area contributed by atoms with Crippen LogP contribution in [0, 0.1) is 5.92 Å². The van der Waals surface area contributed by atoms with Crippen molar-refractivity contribution in [1.82, 2.24) is 0 Å². The lowest BCUT2D eigenvalue weighted by Gasteiger charge is -2.02. The summed E-state index contributed by atoms with van der Waals surface area (Å²) in [6.45, 7) is 2.29. The molecular weight excluding hydrogens is 164 g/mol. The van der Waals surface area contributed by atoms with Crippen molar-refractivity contribution in [2.24, 2.45) is 5.92 Å². The minimum absolute atomic E-state index is 0.842. The molecule has 0 saturated heterocycles. The second-order valence-corrected chi connectivity index (χ2v) is 2.95. The number of halogens is 1. The fourth-order valence-electron chi connectivity index (χ4n) is 1.09. The first-order chi connectivity index (χ1) is 3.84. The van der Waals surface area contributed by atoms with E-state index in [1.54, 1.807) is 5.57 Å². The monoisotopic (exact) mass is 174 g/mol. The third-order valence-electron chi connectivity index (χ3n) is 1.79. The van der Waals surface area contributed by atoms with Crippen LogP contribution in [0.5, 0.6) is 0 Å². The van der Waals surface area contributed by atoms with Gasteiger partial charge in [0.05, 0.1) is 0 Å². The van der Waals surface area contributed by atoms with Gasteiger partial charge in [0.15, 0.2) is 0 Å². The molecule has 1 heteroatoms. The Bertz CT molecular complexity index is 105. The first kappa shape index (κ1) is 6.34. The fourth-order valence-corrected chi connectivity index (χ4v) is 1.87. The Labute approximate surface area is 59.1 Å². The Balaban J connectivity index is 2.49. The Morgan fingerprint density at radius 3 is 2.88 bits per heavy atom. The van der Waals surface area contributed by atoms with Gasteiger partial charge in [-0.25, -0.2) is 0 Å². The van der Waals surface area contributed by atoms with Crippen LogP contribution in [-0.2, 0) is 0 Å². The van der Waals surface area contributed by atoms with Gasteiger partial charge in [0, 0.05) is 5.33 Å². The van der Waals surface area contributed by atoms with E-state index in [4.69, 9.17) is 0 Å². The summed E-state index contributed by atoms with van der Waals surface area (Å²) in [6.07, 6.45) is 5.00. The maximum absolute atomic E-state index is 3.45. The van der Waals surface area contributed by atoms with Gasteiger partial charge in [0.25, 0.3) is 0 Å². The minimum Gasteiger partial charge on any atom is -0.0880 e. The topological polar surface area (TPSA) is 0 Å². The molecule has 1 aliphatic rings. The summed E-state index contributed by atoms with van der Waals surface area (Å²) in [5.74, 6) is 0.842. The van der Waals surface area contributed by atoms with Crippen molar-refractivity contribution in [3.8, 4) is 0 Å². The summed E-state index contributed by atoms with van der Waals surface area (Å²) in [7, 11) is 0. The van der Waals surface area contributed by atoms with Crippen LogP contribution in [0.15, 0.2) is 11.6 Å². The number of allylic oxidation sites excluding steroid dienone is 2. The average molecular weight is 175 g/mol. The van der Waals surface area contributed by atoms with Crippen LogP contribution in [0.1, 0.15) is 19.8 Å². The lowest BCUT2D eigenvalue weighted by atomic mass is 10.1. The van der Waals surface area contributed by atoms with Crippen LogP contribution >= 0.6 is 15.9 Å². The second-order valence-electron chi connectivity index (χ2n) is 2.39. The van der Waals surface area contributed by atoms with Gasteiger partial charge in [0.2, 0.25) is 0 Å². The quantitative estimate of drug-likeness (QED) is 0.424. The Morgan fingerprint density at radius 2 is 2.62 bits per heavy atom. The molecule has 0 N–H and O–H groups in total. The number of hydrogen-bond acceptors (Lipinski definition) is 0. The normalized spacial score (nSPS) is 28.2. The third-order valence-corrected chi connectivity index (χ3v) is 2.44. The molecule has 0 aliphatic heterocycles. The van der Waals surface area contributed by atoms with Gasteiger partial charge in [-0.3, -0.25) is 0 Å². The molecule has 1 aliphatic carbocycles. The predicted molar refractivity (Wildman–Crippen MR) is 40.3 cm³/mol. The van der Waals surface area contributed by atoms with Gasteiger partial charge in [-0.15, -0.1) is 0 Å². The Hall–Kier alpha value is 0.220. The molecule has 0 spiro atoms.